The van der Waals surface area contributed by atoms with Gasteiger partial charge in [0.15, 0.2) is 0 Å². The lowest BCUT2D eigenvalue weighted by Gasteiger charge is -2.09. The largest absolute Gasteiger partial charge is 0.423 e. The molecule has 1 aromatic carbocycles. The van der Waals surface area contributed by atoms with E-state index in [9.17, 15) is 14.4 Å². The first kappa shape index (κ1) is 17.2. The minimum atomic E-state index is -0.697. The SMILES string of the molecule is O=C(NCCCC1CCCC1)C(=O)Nc1ccc2oc(=O)ccc2c1. The van der Waals surface area contributed by atoms with Gasteiger partial charge in [0.25, 0.3) is 0 Å². The predicted molar refractivity (Wildman–Crippen MR) is 95.3 cm³/mol. The molecule has 0 spiro atoms. The molecule has 1 saturated carbocycles. The molecule has 2 amide bonds. The van der Waals surface area contributed by atoms with Gasteiger partial charge in [0.2, 0.25) is 0 Å². The Morgan fingerprint density at radius 1 is 1.08 bits per heavy atom. The molecule has 3 rings (SSSR count). The third-order valence-corrected chi connectivity index (χ3v) is 4.63. The van der Waals surface area contributed by atoms with Gasteiger partial charge in [0.1, 0.15) is 5.58 Å². The molecule has 0 unspecified atom stereocenters. The maximum atomic E-state index is 12.0. The Kier molecular flexibility index (Phi) is 5.48. The minimum Gasteiger partial charge on any atom is -0.423 e. The standard InChI is InChI=1S/C19H22N2O4/c22-17-10-7-14-12-15(8-9-16(14)25-17)21-19(24)18(23)20-11-3-6-13-4-1-2-5-13/h7-10,12-13H,1-6,11H2,(H,20,23)(H,21,24). The number of carbonyl (C=O) groups excluding carboxylic acids is 2. The molecule has 2 aromatic rings. The van der Waals surface area contributed by atoms with Gasteiger partial charge in [-0.2, -0.15) is 0 Å². The van der Waals surface area contributed by atoms with Crippen LogP contribution < -0.4 is 16.3 Å². The van der Waals surface area contributed by atoms with Crippen LogP contribution in [0.4, 0.5) is 5.69 Å². The first-order chi connectivity index (χ1) is 12.1. The maximum absolute atomic E-state index is 12.0. The van der Waals surface area contributed by atoms with E-state index in [2.05, 4.69) is 10.6 Å². The Morgan fingerprint density at radius 2 is 1.88 bits per heavy atom. The van der Waals surface area contributed by atoms with Crippen molar-refractivity contribution in [2.75, 3.05) is 11.9 Å². The van der Waals surface area contributed by atoms with Crippen molar-refractivity contribution in [1.82, 2.24) is 5.32 Å². The van der Waals surface area contributed by atoms with E-state index >= 15 is 0 Å². The highest BCUT2D eigenvalue weighted by Crippen LogP contribution is 2.28. The lowest BCUT2D eigenvalue weighted by atomic mass is 10.0. The zero-order valence-electron chi connectivity index (χ0n) is 14.0. The summed E-state index contributed by atoms with van der Waals surface area (Å²) in [7, 11) is 0. The molecule has 0 saturated heterocycles. The summed E-state index contributed by atoms with van der Waals surface area (Å²) in [6.45, 7) is 0.519. The van der Waals surface area contributed by atoms with E-state index in [0.717, 1.165) is 18.8 Å². The molecule has 0 atom stereocenters. The van der Waals surface area contributed by atoms with Crippen molar-refractivity contribution in [3.05, 3.63) is 40.8 Å². The van der Waals surface area contributed by atoms with Crippen LogP contribution in [-0.4, -0.2) is 18.4 Å². The summed E-state index contributed by atoms with van der Waals surface area (Å²) in [5.74, 6) is -0.549. The first-order valence-corrected chi connectivity index (χ1v) is 8.75. The molecule has 0 aliphatic heterocycles. The molecule has 1 aliphatic rings. The van der Waals surface area contributed by atoms with Crippen molar-refractivity contribution in [1.29, 1.82) is 0 Å². The van der Waals surface area contributed by atoms with E-state index in [1.54, 1.807) is 24.3 Å². The molecule has 0 bridgehead atoms. The van der Waals surface area contributed by atoms with Crippen LogP contribution in [0.5, 0.6) is 0 Å². The van der Waals surface area contributed by atoms with Crippen LogP contribution in [-0.2, 0) is 9.59 Å². The maximum Gasteiger partial charge on any atom is 0.336 e. The Balaban J connectivity index is 1.48. The van der Waals surface area contributed by atoms with Crippen molar-refractivity contribution in [3.63, 3.8) is 0 Å². The quantitative estimate of drug-likeness (QED) is 0.497. The van der Waals surface area contributed by atoms with Crippen LogP contribution in [0, 0.1) is 5.92 Å². The predicted octanol–water partition coefficient (Wildman–Crippen LogP) is 2.82. The highest BCUT2D eigenvalue weighted by atomic mass is 16.4. The second-order valence-corrected chi connectivity index (χ2v) is 6.51. The van der Waals surface area contributed by atoms with Crippen LogP contribution in [0.2, 0.25) is 0 Å². The molecule has 0 radical (unpaired) electrons. The van der Waals surface area contributed by atoms with Crippen molar-refractivity contribution < 1.29 is 14.0 Å². The number of fused-ring (bicyclic) bond motifs is 1. The summed E-state index contributed by atoms with van der Waals surface area (Å²) >= 11 is 0. The van der Waals surface area contributed by atoms with Gasteiger partial charge in [0.05, 0.1) is 0 Å². The molecule has 6 heteroatoms. The Hall–Kier alpha value is -2.63. The van der Waals surface area contributed by atoms with Gasteiger partial charge in [-0.05, 0) is 43.0 Å². The molecule has 1 fully saturated rings. The zero-order chi connectivity index (χ0) is 17.6. The molecular weight excluding hydrogens is 320 g/mol. The highest BCUT2D eigenvalue weighted by molar-refractivity contribution is 6.39. The zero-order valence-corrected chi connectivity index (χ0v) is 14.0. The fraction of sp³-hybridized carbons (Fsp3) is 0.421. The first-order valence-electron chi connectivity index (χ1n) is 8.75. The van der Waals surface area contributed by atoms with E-state index in [1.807, 2.05) is 0 Å². The molecular formula is C19H22N2O4. The van der Waals surface area contributed by atoms with Gasteiger partial charge in [-0.15, -0.1) is 0 Å². The summed E-state index contributed by atoms with van der Waals surface area (Å²) < 4.78 is 5.03. The third-order valence-electron chi connectivity index (χ3n) is 4.63. The Bertz CT molecular complexity index is 822. The lowest BCUT2D eigenvalue weighted by Crippen LogP contribution is -2.36. The van der Waals surface area contributed by atoms with Gasteiger partial charge in [0, 0.05) is 23.7 Å². The van der Waals surface area contributed by atoms with Gasteiger partial charge in [-0.25, -0.2) is 4.79 Å². The molecule has 1 aromatic heterocycles. The van der Waals surface area contributed by atoms with Crippen molar-refractivity contribution >= 4 is 28.5 Å². The third kappa shape index (κ3) is 4.68. The van der Waals surface area contributed by atoms with Crippen molar-refractivity contribution in [2.45, 2.75) is 38.5 Å². The number of benzene rings is 1. The molecule has 1 aliphatic carbocycles. The van der Waals surface area contributed by atoms with Gasteiger partial charge in [-0.3, -0.25) is 9.59 Å². The number of nitrogens with one attached hydrogen (secondary N) is 2. The van der Waals surface area contributed by atoms with E-state index in [-0.39, 0.29) is 0 Å². The summed E-state index contributed by atoms with van der Waals surface area (Å²) in [4.78, 5) is 35.0. The average Bonchev–Trinajstić information content (AvgIpc) is 3.12. The van der Waals surface area contributed by atoms with Crippen LogP contribution in [0.25, 0.3) is 11.0 Å². The number of rotatable bonds is 5. The number of hydrogen-bond donors (Lipinski definition) is 2. The smallest absolute Gasteiger partial charge is 0.336 e. The normalized spacial score (nSPS) is 14.6. The minimum absolute atomic E-state index is 0.429. The Labute approximate surface area is 145 Å². The molecule has 25 heavy (non-hydrogen) atoms. The lowest BCUT2D eigenvalue weighted by molar-refractivity contribution is -0.136. The second-order valence-electron chi connectivity index (χ2n) is 6.51. The van der Waals surface area contributed by atoms with Crippen molar-refractivity contribution in [2.24, 2.45) is 5.92 Å². The topological polar surface area (TPSA) is 88.4 Å². The van der Waals surface area contributed by atoms with E-state index in [0.29, 0.717) is 23.2 Å². The summed E-state index contributed by atoms with van der Waals surface area (Å²) in [5, 5.41) is 5.90. The highest BCUT2D eigenvalue weighted by Gasteiger charge is 2.16. The summed E-state index contributed by atoms with van der Waals surface area (Å²) in [5.41, 5.74) is 0.482. The van der Waals surface area contributed by atoms with Crippen LogP contribution in [0.3, 0.4) is 0 Å². The van der Waals surface area contributed by atoms with Crippen LogP contribution >= 0.6 is 0 Å². The Morgan fingerprint density at radius 3 is 2.68 bits per heavy atom. The molecule has 132 valence electrons. The number of carbonyl (C=O) groups is 2. The average molecular weight is 342 g/mol. The number of anilines is 1. The van der Waals surface area contributed by atoms with E-state index in [4.69, 9.17) is 4.42 Å². The van der Waals surface area contributed by atoms with Gasteiger partial charge < -0.3 is 15.1 Å². The molecule has 6 nitrogen and oxygen atoms in total. The van der Waals surface area contributed by atoms with Crippen LogP contribution in [0.1, 0.15) is 38.5 Å². The molecule has 1 heterocycles. The van der Waals surface area contributed by atoms with Gasteiger partial charge >= 0.3 is 17.4 Å². The van der Waals surface area contributed by atoms with Crippen LogP contribution in [0.15, 0.2) is 39.5 Å². The fourth-order valence-corrected chi connectivity index (χ4v) is 3.31. The second kappa shape index (κ2) is 7.96. The number of amides is 2. The van der Waals surface area contributed by atoms with E-state index in [1.165, 1.54) is 31.7 Å². The fourth-order valence-electron chi connectivity index (χ4n) is 3.31. The number of hydrogen-bond acceptors (Lipinski definition) is 4. The van der Waals surface area contributed by atoms with Crippen molar-refractivity contribution in [3.8, 4) is 0 Å². The van der Waals surface area contributed by atoms with E-state index < -0.39 is 17.4 Å². The monoisotopic (exact) mass is 342 g/mol. The molecule has 2 N–H and O–H groups in total. The van der Waals surface area contributed by atoms with Gasteiger partial charge in [-0.1, -0.05) is 25.7 Å². The summed E-state index contributed by atoms with van der Waals surface area (Å²) in [6, 6.07) is 7.76. The summed E-state index contributed by atoms with van der Waals surface area (Å²) in [6.07, 6.45) is 7.21.